The van der Waals surface area contributed by atoms with Gasteiger partial charge in [-0.05, 0) is 23.3 Å². The van der Waals surface area contributed by atoms with Crippen molar-refractivity contribution in [3.8, 4) is 5.75 Å². The van der Waals surface area contributed by atoms with Crippen LogP contribution in [0.2, 0.25) is 0 Å². The van der Waals surface area contributed by atoms with E-state index in [1.54, 1.807) is 7.11 Å². The number of anilines is 1. The number of nitrogens with one attached hydrogen (secondary N) is 1. The Bertz CT molecular complexity index is 999. The molecule has 1 N–H and O–H groups in total. The molecule has 0 unspecified atom stereocenters. The first-order chi connectivity index (χ1) is 15.3. The number of piperazine rings is 1. The van der Waals surface area contributed by atoms with E-state index >= 15 is 0 Å². The highest BCUT2D eigenvalue weighted by Crippen LogP contribution is 2.28. The first kappa shape index (κ1) is 23.9. The summed E-state index contributed by atoms with van der Waals surface area (Å²) in [5, 5.41) is 3.53. The Morgan fingerprint density at radius 3 is 2.56 bits per heavy atom. The standard InChI is InChI=1S/C24H30N6O.HI/c1-25-24(27-17-20-6-5-7-21(16-20)18-28-11-10-26-19-28)30-14-12-29(13-15-30)22-8-3-4-9-23(22)31-2;/h3-11,16,19H,12-15,17-18H2,1-2H3,(H,25,27);1H. The maximum Gasteiger partial charge on any atom is 0.194 e. The average molecular weight is 546 g/mol. The summed E-state index contributed by atoms with van der Waals surface area (Å²) in [6, 6.07) is 16.9. The van der Waals surface area contributed by atoms with Gasteiger partial charge in [-0.3, -0.25) is 4.99 Å². The zero-order chi connectivity index (χ0) is 21.5. The van der Waals surface area contributed by atoms with Crippen LogP contribution in [-0.2, 0) is 13.1 Å². The summed E-state index contributed by atoms with van der Waals surface area (Å²) >= 11 is 0. The average Bonchev–Trinajstić information content (AvgIpc) is 3.33. The number of imidazole rings is 1. The molecule has 0 saturated carbocycles. The Morgan fingerprint density at radius 2 is 1.84 bits per heavy atom. The lowest BCUT2D eigenvalue weighted by atomic mass is 10.1. The molecule has 0 radical (unpaired) electrons. The highest BCUT2D eigenvalue weighted by molar-refractivity contribution is 14.0. The lowest BCUT2D eigenvalue weighted by Crippen LogP contribution is -2.52. The number of ether oxygens (including phenoxy) is 1. The quantitative estimate of drug-likeness (QED) is 0.292. The zero-order valence-electron chi connectivity index (χ0n) is 18.6. The molecule has 7 nitrogen and oxygen atoms in total. The van der Waals surface area contributed by atoms with Crippen LogP contribution in [-0.4, -0.2) is 60.7 Å². The Balaban J connectivity index is 0.00000289. The van der Waals surface area contributed by atoms with Crippen LogP contribution in [0.15, 0.2) is 72.2 Å². The molecular formula is C24H31IN6O. The molecule has 2 aromatic carbocycles. The molecule has 0 amide bonds. The van der Waals surface area contributed by atoms with Gasteiger partial charge in [-0.25, -0.2) is 4.98 Å². The Hall–Kier alpha value is -2.75. The Morgan fingerprint density at radius 1 is 1.06 bits per heavy atom. The van der Waals surface area contributed by atoms with Gasteiger partial charge in [0.25, 0.3) is 0 Å². The number of rotatable bonds is 6. The molecule has 1 aliphatic rings. The monoisotopic (exact) mass is 546 g/mol. The van der Waals surface area contributed by atoms with Crippen LogP contribution >= 0.6 is 24.0 Å². The van der Waals surface area contributed by atoms with Gasteiger partial charge in [0.15, 0.2) is 5.96 Å². The van der Waals surface area contributed by atoms with Crippen molar-refractivity contribution in [2.24, 2.45) is 4.99 Å². The van der Waals surface area contributed by atoms with Gasteiger partial charge in [0, 0.05) is 58.7 Å². The molecule has 1 aliphatic heterocycles. The van der Waals surface area contributed by atoms with E-state index in [0.717, 1.165) is 56.7 Å². The largest absolute Gasteiger partial charge is 0.495 e. The number of nitrogens with zero attached hydrogens (tertiary/aromatic N) is 5. The molecule has 0 aliphatic carbocycles. The van der Waals surface area contributed by atoms with Gasteiger partial charge < -0.3 is 24.4 Å². The molecule has 32 heavy (non-hydrogen) atoms. The van der Waals surface area contributed by atoms with Crippen molar-refractivity contribution < 1.29 is 4.74 Å². The fraction of sp³-hybridized carbons (Fsp3) is 0.333. The summed E-state index contributed by atoms with van der Waals surface area (Å²) in [5.74, 6) is 1.87. The number of methoxy groups -OCH3 is 1. The lowest BCUT2D eigenvalue weighted by Gasteiger charge is -2.38. The van der Waals surface area contributed by atoms with Crippen LogP contribution in [0, 0.1) is 0 Å². The maximum atomic E-state index is 5.53. The number of benzene rings is 2. The van der Waals surface area contributed by atoms with Crippen molar-refractivity contribution in [3.05, 3.63) is 78.4 Å². The van der Waals surface area contributed by atoms with Crippen LogP contribution in [0.1, 0.15) is 11.1 Å². The fourth-order valence-electron chi connectivity index (χ4n) is 3.99. The molecule has 1 saturated heterocycles. The van der Waals surface area contributed by atoms with E-state index in [1.165, 1.54) is 11.1 Å². The maximum absolute atomic E-state index is 5.53. The molecule has 0 spiro atoms. The zero-order valence-corrected chi connectivity index (χ0v) is 21.0. The fourth-order valence-corrected chi connectivity index (χ4v) is 3.99. The summed E-state index contributed by atoms with van der Waals surface area (Å²) < 4.78 is 7.60. The summed E-state index contributed by atoms with van der Waals surface area (Å²) in [4.78, 5) is 13.3. The number of guanidine groups is 1. The molecule has 8 heteroatoms. The van der Waals surface area contributed by atoms with Gasteiger partial charge in [-0.15, -0.1) is 24.0 Å². The Kier molecular flexibility index (Phi) is 8.78. The summed E-state index contributed by atoms with van der Waals surface area (Å²) in [7, 11) is 3.58. The topological polar surface area (TPSA) is 57.9 Å². The van der Waals surface area contributed by atoms with Crippen LogP contribution < -0.4 is 15.0 Å². The van der Waals surface area contributed by atoms with Crippen LogP contribution in [0.3, 0.4) is 0 Å². The summed E-state index contributed by atoms with van der Waals surface area (Å²) in [6.07, 6.45) is 5.64. The number of aliphatic imine (C=N–C) groups is 1. The second kappa shape index (κ2) is 11.8. The molecule has 1 aromatic heterocycles. The second-order valence-corrected chi connectivity index (χ2v) is 7.60. The minimum Gasteiger partial charge on any atom is -0.495 e. The number of aromatic nitrogens is 2. The van der Waals surface area contributed by atoms with Crippen molar-refractivity contribution in [3.63, 3.8) is 0 Å². The van der Waals surface area contributed by atoms with Crippen LogP contribution in [0.5, 0.6) is 5.75 Å². The number of halogens is 1. The third-order valence-corrected chi connectivity index (χ3v) is 5.58. The SMILES string of the molecule is CN=C(NCc1cccc(Cn2ccnc2)c1)N1CCN(c2ccccc2OC)CC1.I. The van der Waals surface area contributed by atoms with Crippen LogP contribution in [0.4, 0.5) is 5.69 Å². The third-order valence-electron chi connectivity index (χ3n) is 5.58. The number of hydrogen-bond donors (Lipinski definition) is 1. The molecule has 3 aromatic rings. The molecule has 1 fully saturated rings. The highest BCUT2D eigenvalue weighted by atomic mass is 127. The minimum absolute atomic E-state index is 0. The normalized spacial score (nSPS) is 14.1. The van der Waals surface area contributed by atoms with Crippen molar-refractivity contribution in [1.29, 1.82) is 0 Å². The van der Waals surface area contributed by atoms with Crippen molar-refractivity contribution in [2.75, 3.05) is 45.2 Å². The van der Waals surface area contributed by atoms with Gasteiger partial charge >= 0.3 is 0 Å². The minimum atomic E-state index is 0. The van der Waals surface area contributed by atoms with Crippen molar-refractivity contribution >= 4 is 35.6 Å². The number of hydrogen-bond acceptors (Lipinski definition) is 4. The molecular weight excluding hydrogens is 515 g/mol. The highest BCUT2D eigenvalue weighted by Gasteiger charge is 2.21. The van der Waals surface area contributed by atoms with E-state index in [-0.39, 0.29) is 24.0 Å². The van der Waals surface area contributed by atoms with Gasteiger partial charge in [-0.2, -0.15) is 0 Å². The summed E-state index contributed by atoms with van der Waals surface area (Å²) in [6.45, 7) is 5.27. The van der Waals surface area contributed by atoms with Gasteiger partial charge in [-0.1, -0.05) is 36.4 Å². The van der Waals surface area contributed by atoms with E-state index < -0.39 is 0 Å². The molecule has 2 heterocycles. The molecule has 0 atom stereocenters. The van der Waals surface area contributed by atoms with Crippen LogP contribution in [0.25, 0.3) is 0 Å². The molecule has 0 bridgehead atoms. The smallest absolute Gasteiger partial charge is 0.194 e. The van der Waals surface area contributed by atoms with E-state index in [0.29, 0.717) is 0 Å². The van der Waals surface area contributed by atoms with Gasteiger partial charge in [0.1, 0.15) is 5.75 Å². The number of para-hydroxylation sites is 2. The van der Waals surface area contributed by atoms with E-state index in [9.17, 15) is 0 Å². The van der Waals surface area contributed by atoms with Gasteiger partial charge in [0.2, 0.25) is 0 Å². The van der Waals surface area contributed by atoms with Crippen molar-refractivity contribution in [2.45, 2.75) is 13.1 Å². The summed E-state index contributed by atoms with van der Waals surface area (Å²) in [5.41, 5.74) is 3.66. The lowest BCUT2D eigenvalue weighted by molar-refractivity contribution is 0.367. The first-order valence-electron chi connectivity index (χ1n) is 10.6. The third kappa shape index (κ3) is 5.93. The first-order valence-corrected chi connectivity index (χ1v) is 10.6. The van der Waals surface area contributed by atoms with E-state index in [2.05, 4.69) is 66.1 Å². The molecule has 170 valence electrons. The van der Waals surface area contributed by atoms with Gasteiger partial charge in [0.05, 0.1) is 19.1 Å². The Labute approximate surface area is 207 Å². The molecule has 4 rings (SSSR count). The second-order valence-electron chi connectivity index (χ2n) is 7.60. The van der Waals surface area contributed by atoms with Crippen molar-refractivity contribution in [1.82, 2.24) is 19.8 Å². The predicted octanol–water partition coefficient (Wildman–Crippen LogP) is 3.46. The van der Waals surface area contributed by atoms with E-state index in [1.807, 2.05) is 37.9 Å². The predicted molar refractivity (Wildman–Crippen MR) is 140 cm³/mol. The van der Waals surface area contributed by atoms with E-state index in [4.69, 9.17) is 4.74 Å².